The number of hydrogen-bond donors (Lipinski definition) is 3. The highest BCUT2D eigenvalue weighted by molar-refractivity contribution is 6.30. The van der Waals surface area contributed by atoms with E-state index in [9.17, 15) is 10.2 Å². The van der Waals surface area contributed by atoms with Crippen molar-refractivity contribution in [3.05, 3.63) is 94.5 Å². The maximum absolute atomic E-state index is 12.3. The first-order valence-electron chi connectivity index (χ1n) is 12.4. The summed E-state index contributed by atoms with van der Waals surface area (Å²) in [4.78, 5) is 2.13. The molecule has 3 aromatic rings. The van der Waals surface area contributed by atoms with Crippen molar-refractivity contribution in [3.8, 4) is 11.5 Å². The number of halogens is 1. The zero-order valence-corrected chi connectivity index (χ0v) is 21.4. The molecule has 0 amide bonds. The van der Waals surface area contributed by atoms with E-state index in [1.54, 1.807) is 12.1 Å². The molecule has 1 fully saturated rings. The second-order valence-electron chi connectivity index (χ2n) is 9.89. The topological polar surface area (TPSA) is 74.2 Å². The van der Waals surface area contributed by atoms with Gasteiger partial charge in [0.25, 0.3) is 0 Å². The molecule has 5 rings (SSSR count). The van der Waals surface area contributed by atoms with E-state index in [-0.39, 0.29) is 5.92 Å². The molecule has 36 heavy (non-hydrogen) atoms. The Balaban J connectivity index is 1.47. The summed E-state index contributed by atoms with van der Waals surface area (Å²) in [6.07, 6.45) is -0.660. The van der Waals surface area contributed by atoms with Crippen LogP contribution in [0.25, 0.3) is 0 Å². The molecule has 0 saturated heterocycles. The second-order valence-corrected chi connectivity index (χ2v) is 10.3. The molecule has 3 aromatic carbocycles. The zero-order valence-electron chi connectivity index (χ0n) is 20.7. The number of benzene rings is 3. The fourth-order valence-electron chi connectivity index (χ4n) is 5.67. The molecule has 1 saturated carbocycles. The van der Waals surface area contributed by atoms with Gasteiger partial charge in [0, 0.05) is 42.2 Å². The Kier molecular flexibility index (Phi) is 6.99. The summed E-state index contributed by atoms with van der Waals surface area (Å²) in [5.74, 6) is 0.895. The summed E-state index contributed by atoms with van der Waals surface area (Å²) in [6.45, 7) is 3.08. The van der Waals surface area contributed by atoms with Crippen LogP contribution in [0.4, 0.5) is 0 Å². The molecule has 1 aliphatic heterocycles. The number of likely N-dealkylation sites (N-methyl/N-ethyl adjacent to an activating group) is 1. The minimum atomic E-state index is -1.64. The lowest BCUT2D eigenvalue weighted by molar-refractivity contribution is -0.149. The highest BCUT2D eigenvalue weighted by atomic mass is 35.5. The SMILES string of the molecule is CN(C)CCNCCOc1ccc2c(c1)O[C@]1(c3ccc(Cl)cc3)[C@@H](c3ccccc3)C[C@H](O)[C@]21O. The van der Waals surface area contributed by atoms with Gasteiger partial charge in [-0.1, -0.05) is 54.1 Å². The van der Waals surface area contributed by atoms with Gasteiger partial charge in [-0.25, -0.2) is 0 Å². The van der Waals surface area contributed by atoms with Gasteiger partial charge in [0.1, 0.15) is 18.1 Å². The molecule has 0 aromatic heterocycles. The molecule has 0 spiro atoms. The zero-order chi connectivity index (χ0) is 25.3. The van der Waals surface area contributed by atoms with Crippen LogP contribution in [0.3, 0.4) is 0 Å². The van der Waals surface area contributed by atoms with Crippen molar-refractivity contribution in [3.63, 3.8) is 0 Å². The monoisotopic (exact) mass is 508 g/mol. The molecule has 190 valence electrons. The molecule has 7 heteroatoms. The highest BCUT2D eigenvalue weighted by Gasteiger charge is 2.72. The molecule has 0 bridgehead atoms. The number of aliphatic hydroxyl groups excluding tert-OH is 1. The van der Waals surface area contributed by atoms with Crippen LogP contribution in [0.5, 0.6) is 11.5 Å². The highest BCUT2D eigenvalue weighted by Crippen LogP contribution is 2.66. The maximum atomic E-state index is 12.3. The molecular formula is C29H33ClN2O4. The molecule has 0 radical (unpaired) electrons. The van der Waals surface area contributed by atoms with Crippen LogP contribution in [0.15, 0.2) is 72.8 Å². The number of aliphatic hydroxyl groups is 2. The van der Waals surface area contributed by atoms with Crippen LogP contribution < -0.4 is 14.8 Å². The van der Waals surface area contributed by atoms with Gasteiger partial charge < -0.3 is 29.9 Å². The Morgan fingerprint density at radius 3 is 2.53 bits per heavy atom. The molecular weight excluding hydrogens is 476 g/mol. The number of hydrogen-bond acceptors (Lipinski definition) is 6. The summed E-state index contributed by atoms with van der Waals surface area (Å²) in [5.41, 5.74) is -0.519. The van der Waals surface area contributed by atoms with Crippen LogP contribution >= 0.6 is 11.6 Å². The van der Waals surface area contributed by atoms with E-state index in [1.165, 1.54) is 0 Å². The van der Waals surface area contributed by atoms with Crippen molar-refractivity contribution < 1.29 is 19.7 Å². The Morgan fingerprint density at radius 1 is 1.06 bits per heavy atom. The summed E-state index contributed by atoms with van der Waals surface area (Å²) >= 11 is 6.20. The van der Waals surface area contributed by atoms with Crippen LogP contribution in [0.2, 0.25) is 5.02 Å². The maximum Gasteiger partial charge on any atom is 0.176 e. The quantitative estimate of drug-likeness (QED) is 0.381. The lowest BCUT2D eigenvalue weighted by Gasteiger charge is -2.40. The molecule has 2 aliphatic rings. The molecule has 3 N–H and O–H groups in total. The predicted octanol–water partition coefficient (Wildman–Crippen LogP) is 3.89. The van der Waals surface area contributed by atoms with Gasteiger partial charge in [0.2, 0.25) is 0 Å². The van der Waals surface area contributed by atoms with Gasteiger partial charge in [-0.2, -0.15) is 0 Å². The van der Waals surface area contributed by atoms with Crippen molar-refractivity contribution in [2.24, 2.45) is 0 Å². The number of fused-ring (bicyclic) bond motifs is 3. The number of nitrogens with zero attached hydrogens (tertiary/aromatic N) is 1. The normalized spacial score (nSPS) is 26.5. The number of ether oxygens (including phenoxy) is 2. The average molecular weight is 509 g/mol. The summed E-state index contributed by atoms with van der Waals surface area (Å²) in [6, 6.07) is 22.7. The van der Waals surface area contributed by atoms with Crippen molar-refractivity contribution in [2.75, 3.05) is 40.3 Å². The van der Waals surface area contributed by atoms with Gasteiger partial charge in [0.05, 0.1) is 6.10 Å². The Morgan fingerprint density at radius 2 is 1.81 bits per heavy atom. The molecule has 1 heterocycles. The first kappa shape index (κ1) is 25.1. The van der Waals surface area contributed by atoms with E-state index in [0.717, 1.165) is 30.8 Å². The Bertz CT molecular complexity index is 1190. The summed E-state index contributed by atoms with van der Waals surface area (Å²) in [5, 5.41) is 27.6. The summed E-state index contributed by atoms with van der Waals surface area (Å²) < 4.78 is 12.7. The van der Waals surface area contributed by atoms with Crippen LogP contribution in [0, 0.1) is 0 Å². The molecule has 1 aliphatic carbocycles. The first-order chi connectivity index (χ1) is 17.4. The third kappa shape index (κ3) is 4.17. The fraction of sp³-hybridized carbons (Fsp3) is 0.379. The van der Waals surface area contributed by atoms with E-state index >= 15 is 0 Å². The third-order valence-corrected chi connectivity index (χ3v) is 7.64. The van der Waals surface area contributed by atoms with Gasteiger partial charge in [0.15, 0.2) is 11.2 Å². The third-order valence-electron chi connectivity index (χ3n) is 7.39. The number of rotatable bonds is 9. The second kappa shape index (κ2) is 10.0. The first-order valence-corrected chi connectivity index (χ1v) is 12.8. The average Bonchev–Trinajstić information content (AvgIpc) is 3.27. The largest absolute Gasteiger partial charge is 0.492 e. The summed E-state index contributed by atoms with van der Waals surface area (Å²) in [7, 11) is 4.09. The van der Waals surface area contributed by atoms with Crippen molar-refractivity contribution in [1.29, 1.82) is 0 Å². The molecule has 4 atom stereocenters. The van der Waals surface area contributed by atoms with Crippen molar-refractivity contribution >= 4 is 11.6 Å². The number of nitrogens with one attached hydrogen (secondary N) is 1. The smallest absolute Gasteiger partial charge is 0.176 e. The lowest BCUT2D eigenvalue weighted by Crippen LogP contribution is -2.51. The van der Waals surface area contributed by atoms with Gasteiger partial charge >= 0.3 is 0 Å². The van der Waals surface area contributed by atoms with E-state index < -0.39 is 17.3 Å². The van der Waals surface area contributed by atoms with Gasteiger partial charge in [-0.3, -0.25) is 0 Å². The van der Waals surface area contributed by atoms with Gasteiger partial charge in [-0.05, 0) is 55.9 Å². The van der Waals surface area contributed by atoms with Crippen molar-refractivity contribution in [2.45, 2.75) is 29.6 Å². The Labute approximate surface area is 217 Å². The fourth-order valence-corrected chi connectivity index (χ4v) is 5.80. The van der Waals surface area contributed by atoms with Crippen LogP contribution in [0.1, 0.15) is 29.0 Å². The van der Waals surface area contributed by atoms with E-state index in [4.69, 9.17) is 21.1 Å². The molecule has 0 unspecified atom stereocenters. The minimum absolute atomic E-state index is 0.280. The Hall–Kier alpha value is -2.61. The van der Waals surface area contributed by atoms with Gasteiger partial charge in [-0.15, -0.1) is 0 Å². The predicted molar refractivity (Wildman–Crippen MR) is 141 cm³/mol. The molecule has 6 nitrogen and oxygen atoms in total. The van der Waals surface area contributed by atoms with Crippen molar-refractivity contribution in [1.82, 2.24) is 10.2 Å². The van der Waals surface area contributed by atoms with Crippen LogP contribution in [-0.2, 0) is 11.2 Å². The van der Waals surface area contributed by atoms with E-state index in [0.29, 0.717) is 35.1 Å². The van der Waals surface area contributed by atoms with E-state index in [1.807, 2.05) is 74.8 Å². The standard InChI is InChI=1S/C29H33ClN2O4/c1-32(2)16-14-31-15-17-35-23-12-13-24-26(18-23)36-29(21-8-10-22(30)11-9-21)25(19-27(33)28(24,29)34)20-6-4-3-5-7-20/h3-13,18,25,27,31,33-34H,14-17,19H2,1-2H3/t25-,27+,28-,29-/m1/s1. The lowest BCUT2D eigenvalue weighted by atomic mass is 9.71. The van der Waals surface area contributed by atoms with Crippen LogP contribution in [-0.4, -0.2) is 61.6 Å². The van der Waals surface area contributed by atoms with E-state index in [2.05, 4.69) is 10.2 Å². The minimum Gasteiger partial charge on any atom is -0.492 e.